The zero-order valence-corrected chi connectivity index (χ0v) is 9.05. The van der Waals surface area contributed by atoms with E-state index >= 15 is 0 Å². The number of hydrogen-bond acceptors (Lipinski definition) is 2. The molecule has 0 radical (unpaired) electrons. The Morgan fingerprint density at radius 1 is 1.31 bits per heavy atom. The Morgan fingerprint density at radius 3 is 2.23 bits per heavy atom. The summed E-state index contributed by atoms with van der Waals surface area (Å²) >= 11 is 2.65. The van der Waals surface area contributed by atoms with E-state index in [0.717, 1.165) is 6.07 Å². The summed E-state index contributed by atoms with van der Waals surface area (Å²) in [6, 6.07) is 1.41. The van der Waals surface area contributed by atoms with Crippen molar-refractivity contribution >= 4 is 35.7 Å². The Bertz CT molecular complexity index is 423. The number of hydrogen-bond donors (Lipinski definition) is 0. The van der Waals surface area contributed by atoms with Crippen LogP contribution in [0, 0.1) is 11.6 Å². The highest BCUT2D eigenvalue weighted by Crippen LogP contribution is 2.24. The van der Waals surface area contributed by atoms with Gasteiger partial charge in [-0.05, 0) is 28.1 Å². The van der Waals surface area contributed by atoms with Crippen LogP contribution < -0.4 is 0 Å². The summed E-state index contributed by atoms with van der Waals surface area (Å²) in [6.45, 7) is 0. The summed E-state index contributed by atoms with van der Waals surface area (Å²) in [4.78, 5) is -0.486. The standard InChI is InChI=1S/C6H2BrClF2O2S/c7-4-1-3(13(8,11)12)2-5(9)6(4)10/h1-2H. The van der Waals surface area contributed by atoms with E-state index in [2.05, 4.69) is 15.9 Å². The van der Waals surface area contributed by atoms with Gasteiger partial charge in [0.2, 0.25) is 0 Å². The van der Waals surface area contributed by atoms with Gasteiger partial charge in [0.1, 0.15) is 0 Å². The van der Waals surface area contributed by atoms with Crippen molar-refractivity contribution in [1.29, 1.82) is 0 Å². The molecule has 0 aromatic heterocycles. The molecule has 1 rings (SSSR count). The number of benzene rings is 1. The van der Waals surface area contributed by atoms with E-state index < -0.39 is 25.6 Å². The molecule has 0 aliphatic heterocycles. The van der Waals surface area contributed by atoms with Gasteiger partial charge >= 0.3 is 0 Å². The number of rotatable bonds is 1. The van der Waals surface area contributed by atoms with Gasteiger partial charge in [0, 0.05) is 10.7 Å². The monoisotopic (exact) mass is 290 g/mol. The van der Waals surface area contributed by atoms with Crippen molar-refractivity contribution in [2.45, 2.75) is 4.90 Å². The van der Waals surface area contributed by atoms with Crippen molar-refractivity contribution in [2.75, 3.05) is 0 Å². The second-order valence-electron chi connectivity index (χ2n) is 2.14. The van der Waals surface area contributed by atoms with Gasteiger partial charge in [-0.1, -0.05) is 0 Å². The molecule has 0 bridgehead atoms. The minimum absolute atomic E-state index is 0.285. The molecular formula is C6H2BrClF2O2S. The average molecular weight is 292 g/mol. The third-order valence-corrected chi connectivity index (χ3v) is 3.15. The lowest BCUT2D eigenvalue weighted by Crippen LogP contribution is -1.95. The van der Waals surface area contributed by atoms with Crippen LogP contribution in [-0.2, 0) is 9.05 Å². The maximum Gasteiger partial charge on any atom is 0.261 e. The highest BCUT2D eigenvalue weighted by molar-refractivity contribution is 9.10. The zero-order chi connectivity index (χ0) is 10.2. The Balaban J connectivity index is 3.47. The molecule has 1 aromatic carbocycles. The second-order valence-corrected chi connectivity index (χ2v) is 5.56. The maximum atomic E-state index is 12.6. The summed E-state index contributed by atoms with van der Waals surface area (Å²) in [5.41, 5.74) is 0. The molecule has 2 nitrogen and oxygen atoms in total. The molecule has 1 aromatic rings. The van der Waals surface area contributed by atoms with Crippen molar-refractivity contribution in [1.82, 2.24) is 0 Å². The van der Waals surface area contributed by atoms with Crippen LogP contribution >= 0.6 is 26.6 Å². The van der Waals surface area contributed by atoms with Crippen LogP contribution in [0.5, 0.6) is 0 Å². The van der Waals surface area contributed by atoms with E-state index in [9.17, 15) is 17.2 Å². The van der Waals surface area contributed by atoms with Crippen molar-refractivity contribution < 1.29 is 17.2 Å². The van der Waals surface area contributed by atoms with Gasteiger partial charge in [-0.2, -0.15) is 0 Å². The molecule has 0 saturated heterocycles. The van der Waals surface area contributed by atoms with Gasteiger partial charge in [0.25, 0.3) is 9.05 Å². The topological polar surface area (TPSA) is 34.1 Å². The largest absolute Gasteiger partial charge is 0.261 e. The summed E-state index contributed by atoms with van der Waals surface area (Å²) in [6.07, 6.45) is 0. The molecule has 7 heteroatoms. The quantitative estimate of drug-likeness (QED) is 0.589. The molecular weight excluding hydrogens is 289 g/mol. The predicted molar refractivity (Wildman–Crippen MR) is 47.1 cm³/mol. The molecule has 0 aliphatic rings. The van der Waals surface area contributed by atoms with Crippen LogP contribution in [0.4, 0.5) is 8.78 Å². The van der Waals surface area contributed by atoms with Crippen molar-refractivity contribution in [3.63, 3.8) is 0 Å². The molecule has 13 heavy (non-hydrogen) atoms. The molecule has 0 fully saturated rings. The fourth-order valence-corrected chi connectivity index (χ4v) is 2.03. The highest BCUT2D eigenvalue weighted by atomic mass is 79.9. The fourth-order valence-electron chi connectivity index (χ4n) is 0.673. The van der Waals surface area contributed by atoms with Gasteiger partial charge in [0.15, 0.2) is 11.6 Å². The minimum atomic E-state index is -4.03. The highest BCUT2D eigenvalue weighted by Gasteiger charge is 2.16. The third kappa shape index (κ3) is 2.38. The van der Waals surface area contributed by atoms with Gasteiger partial charge in [-0.25, -0.2) is 17.2 Å². The SMILES string of the molecule is O=S(=O)(Cl)c1cc(F)c(F)c(Br)c1. The molecule has 0 spiro atoms. The van der Waals surface area contributed by atoms with Crippen LogP contribution in [-0.4, -0.2) is 8.42 Å². The smallest absolute Gasteiger partial charge is 0.207 e. The summed E-state index contributed by atoms with van der Waals surface area (Å²) in [5.74, 6) is -2.42. The van der Waals surface area contributed by atoms with Crippen molar-refractivity contribution in [3.05, 3.63) is 28.2 Å². The van der Waals surface area contributed by atoms with E-state index in [1.165, 1.54) is 0 Å². The molecule has 0 amide bonds. The van der Waals surface area contributed by atoms with Gasteiger partial charge in [-0.15, -0.1) is 0 Å². The Hall–Kier alpha value is -0.200. The van der Waals surface area contributed by atoms with Crippen molar-refractivity contribution in [2.24, 2.45) is 0 Å². The Labute approximate surface area is 86.1 Å². The van der Waals surface area contributed by atoms with Crippen LogP contribution in [0.1, 0.15) is 0 Å². The van der Waals surface area contributed by atoms with E-state index in [0.29, 0.717) is 6.07 Å². The van der Waals surface area contributed by atoms with Crippen molar-refractivity contribution in [3.8, 4) is 0 Å². The second kappa shape index (κ2) is 3.51. The summed E-state index contributed by atoms with van der Waals surface area (Å²) in [7, 11) is 0.888. The first-order valence-electron chi connectivity index (χ1n) is 2.91. The molecule has 0 aliphatic carbocycles. The van der Waals surface area contributed by atoms with Gasteiger partial charge < -0.3 is 0 Å². The summed E-state index contributed by atoms with van der Waals surface area (Å²) < 4.78 is 46.4. The number of halogens is 4. The summed E-state index contributed by atoms with van der Waals surface area (Å²) in [5, 5.41) is 0. The first-order chi connectivity index (χ1) is 5.82. The van der Waals surface area contributed by atoms with E-state index in [1.807, 2.05) is 0 Å². The Kier molecular flexibility index (Phi) is 2.94. The van der Waals surface area contributed by atoms with Crippen LogP contribution in [0.15, 0.2) is 21.5 Å². The lowest BCUT2D eigenvalue weighted by Gasteiger charge is -1.99. The van der Waals surface area contributed by atoms with Crippen LogP contribution in [0.2, 0.25) is 0 Å². The van der Waals surface area contributed by atoms with Crippen LogP contribution in [0.25, 0.3) is 0 Å². The van der Waals surface area contributed by atoms with Gasteiger partial charge in [-0.3, -0.25) is 0 Å². The molecule has 0 N–H and O–H groups in total. The predicted octanol–water partition coefficient (Wildman–Crippen LogP) is 2.65. The minimum Gasteiger partial charge on any atom is -0.207 e. The molecule has 72 valence electrons. The zero-order valence-electron chi connectivity index (χ0n) is 5.89. The Morgan fingerprint density at radius 2 is 1.85 bits per heavy atom. The maximum absolute atomic E-state index is 12.6. The first-order valence-corrected chi connectivity index (χ1v) is 6.02. The van der Waals surface area contributed by atoms with E-state index in [-0.39, 0.29) is 4.47 Å². The lowest BCUT2D eigenvalue weighted by molar-refractivity contribution is 0.500. The average Bonchev–Trinajstić information content (AvgIpc) is 1.97. The fraction of sp³-hybridized carbons (Fsp3) is 0. The van der Waals surface area contributed by atoms with Gasteiger partial charge in [0.05, 0.1) is 9.37 Å². The molecule has 0 heterocycles. The molecule has 0 atom stereocenters. The molecule has 0 unspecified atom stereocenters. The lowest BCUT2D eigenvalue weighted by atomic mass is 10.3. The normalized spacial score (nSPS) is 11.7. The third-order valence-electron chi connectivity index (χ3n) is 1.24. The van der Waals surface area contributed by atoms with E-state index in [4.69, 9.17) is 10.7 Å². The first kappa shape index (κ1) is 10.9. The van der Waals surface area contributed by atoms with Crippen LogP contribution in [0.3, 0.4) is 0 Å². The van der Waals surface area contributed by atoms with E-state index in [1.54, 1.807) is 0 Å². The molecule has 0 saturated carbocycles.